The second-order valence-electron chi connectivity index (χ2n) is 4.22. The van der Waals surface area contributed by atoms with Crippen LogP contribution in [0.3, 0.4) is 0 Å². The summed E-state index contributed by atoms with van der Waals surface area (Å²) in [5.74, 6) is -1.64. The van der Waals surface area contributed by atoms with Crippen LogP contribution in [0, 0.1) is 0 Å². The highest BCUT2D eigenvalue weighted by atomic mass is 16.5. The molecule has 1 fully saturated rings. The molecule has 98 valence electrons. The van der Waals surface area contributed by atoms with E-state index in [4.69, 9.17) is 9.84 Å². The summed E-state index contributed by atoms with van der Waals surface area (Å²) in [7, 11) is 1.57. The molecule has 0 saturated carbocycles. The Labute approximate surface area is 104 Å². The maximum atomic E-state index is 11.8. The van der Waals surface area contributed by atoms with Crippen LogP contribution < -0.4 is 5.32 Å². The SMILES string of the molecule is Cn1cc(C(=O)O)c(C(=O)NCC2CCCO2)n1. The molecule has 1 unspecified atom stereocenters. The van der Waals surface area contributed by atoms with Crippen LogP contribution in [-0.4, -0.2) is 46.0 Å². The van der Waals surface area contributed by atoms with E-state index in [1.807, 2.05) is 0 Å². The largest absolute Gasteiger partial charge is 0.478 e. The predicted octanol–water partition coefficient (Wildman–Crippen LogP) is 0.0271. The monoisotopic (exact) mass is 253 g/mol. The number of hydrogen-bond acceptors (Lipinski definition) is 4. The van der Waals surface area contributed by atoms with Gasteiger partial charge in [-0.25, -0.2) is 4.79 Å². The lowest BCUT2D eigenvalue weighted by atomic mass is 10.2. The molecule has 0 radical (unpaired) electrons. The molecule has 2 heterocycles. The Kier molecular flexibility index (Phi) is 3.61. The number of hydrogen-bond donors (Lipinski definition) is 2. The van der Waals surface area contributed by atoms with E-state index >= 15 is 0 Å². The molecule has 0 bridgehead atoms. The smallest absolute Gasteiger partial charge is 0.339 e. The number of carboxylic acid groups (broad SMARTS) is 1. The zero-order valence-corrected chi connectivity index (χ0v) is 10.0. The summed E-state index contributed by atoms with van der Waals surface area (Å²) in [5, 5.41) is 15.5. The second-order valence-corrected chi connectivity index (χ2v) is 4.22. The molecule has 0 spiro atoms. The Morgan fingerprint density at radius 1 is 1.67 bits per heavy atom. The number of carboxylic acids is 1. The lowest BCUT2D eigenvalue weighted by Gasteiger charge is -2.09. The number of amides is 1. The van der Waals surface area contributed by atoms with Crippen LogP contribution in [0.4, 0.5) is 0 Å². The van der Waals surface area contributed by atoms with Gasteiger partial charge in [0.15, 0.2) is 5.69 Å². The molecule has 1 amide bonds. The Morgan fingerprint density at radius 2 is 2.44 bits per heavy atom. The minimum absolute atomic E-state index is 0.0194. The lowest BCUT2D eigenvalue weighted by molar-refractivity contribution is 0.0689. The number of nitrogens with zero attached hydrogens (tertiary/aromatic N) is 2. The van der Waals surface area contributed by atoms with E-state index in [9.17, 15) is 9.59 Å². The first-order valence-electron chi connectivity index (χ1n) is 5.74. The topological polar surface area (TPSA) is 93.5 Å². The zero-order valence-electron chi connectivity index (χ0n) is 10.0. The van der Waals surface area contributed by atoms with Crippen molar-refractivity contribution in [3.05, 3.63) is 17.5 Å². The number of aromatic nitrogens is 2. The number of ether oxygens (including phenoxy) is 1. The quantitative estimate of drug-likeness (QED) is 0.789. The van der Waals surface area contributed by atoms with E-state index < -0.39 is 11.9 Å². The van der Waals surface area contributed by atoms with E-state index in [1.54, 1.807) is 7.05 Å². The summed E-state index contributed by atoms with van der Waals surface area (Å²) in [5.41, 5.74) is -0.162. The molecule has 7 heteroatoms. The molecule has 2 rings (SSSR count). The van der Waals surface area contributed by atoms with Gasteiger partial charge in [-0.05, 0) is 12.8 Å². The molecule has 1 aliphatic rings. The van der Waals surface area contributed by atoms with Gasteiger partial charge in [0, 0.05) is 26.4 Å². The van der Waals surface area contributed by atoms with Crippen LogP contribution in [-0.2, 0) is 11.8 Å². The van der Waals surface area contributed by atoms with Crippen molar-refractivity contribution in [1.29, 1.82) is 0 Å². The van der Waals surface area contributed by atoms with Gasteiger partial charge in [0.1, 0.15) is 5.56 Å². The van der Waals surface area contributed by atoms with Gasteiger partial charge in [-0.1, -0.05) is 0 Å². The summed E-state index contributed by atoms with van der Waals surface area (Å²) >= 11 is 0. The first kappa shape index (κ1) is 12.6. The molecule has 1 saturated heterocycles. The predicted molar refractivity (Wildman–Crippen MR) is 61.5 cm³/mol. The summed E-state index contributed by atoms with van der Waals surface area (Å²) in [6.07, 6.45) is 3.23. The zero-order chi connectivity index (χ0) is 13.1. The van der Waals surface area contributed by atoms with Crippen LogP contribution in [0.1, 0.15) is 33.7 Å². The van der Waals surface area contributed by atoms with Crippen LogP contribution in [0.2, 0.25) is 0 Å². The van der Waals surface area contributed by atoms with Crippen molar-refractivity contribution in [1.82, 2.24) is 15.1 Å². The summed E-state index contributed by atoms with van der Waals surface area (Å²) < 4.78 is 6.68. The molecular weight excluding hydrogens is 238 g/mol. The average molecular weight is 253 g/mol. The number of nitrogens with one attached hydrogen (secondary N) is 1. The highest BCUT2D eigenvalue weighted by Crippen LogP contribution is 2.11. The van der Waals surface area contributed by atoms with Crippen LogP contribution in [0.5, 0.6) is 0 Å². The van der Waals surface area contributed by atoms with Gasteiger partial charge in [0.05, 0.1) is 6.10 Å². The normalized spacial score (nSPS) is 18.8. The Bertz CT molecular complexity index is 463. The summed E-state index contributed by atoms with van der Waals surface area (Å²) in [6.45, 7) is 1.10. The van der Waals surface area contributed by atoms with Crippen molar-refractivity contribution < 1.29 is 19.4 Å². The first-order chi connectivity index (χ1) is 8.58. The minimum atomic E-state index is -1.16. The van der Waals surface area contributed by atoms with E-state index in [1.165, 1.54) is 10.9 Å². The molecule has 1 aromatic heterocycles. The summed E-state index contributed by atoms with van der Waals surface area (Å²) in [4.78, 5) is 22.8. The van der Waals surface area contributed by atoms with Crippen molar-refractivity contribution in [3.8, 4) is 0 Å². The molecular formula is C11H15N3O4. The number of aryl methyl sites for hydroxylation is 1. The van der Waals surface area contributed by atoms with Crippen molar-refractivity contribution in [3.63, 3.8) is 0 Å². The molecule has 0 aromatic carbocycles. The molecule has 1 aromatic rings. The van der Waals surface area contributed by atoms with Crippen LogP contribution in [0.25, 0.3) is 0 Å². The number of carbonyl (C=O) groups excluding carboxylic acids is 1. The molecule has 1 atom stereocenters. The Balaban J connectivity index is 2.01. The fourth-order valence-corrected chi connectivity index (χ4v) is 1.91. The van der Waals surface area contributed by atoms with Crippen molar-refractivity contribution in [2.24, 2.45) is 7.05 Å². The molecule has 2 N–H and O–H groups in total. The van der Waals surface area contributed by atoms with Gasteiger partial charge < -0.3 is 15.2 Å². The number of rotatable bonds is 4. The molecule has 0 aliphatic carbocycles. The van der Waals surface area contributed by atoms with Gasteiger partial charge in [-0.3, -0.25) is 9.48 Å². The van der Waals surface area contributed by atoms with Crippen LogP contribution >= 0.6 is 0 Å². The highest BCUT2D eigenvalue weighted by Gasteiger charge is 2.22. The van der Waals surface area contributed by atoms with Crippen molar-refractivity contribution in [2.45, 2.75) is 18.9 Å². The van der Waals surface area contributed by atoms with Gasteiger partial charge >= 0.3 is 5.97 Å². The fourth-order valence-electron chi connectivity index (χ4n) is 1.91. The second kappa shape index (κ2) is 5.18. The first-order valence-corrected chi connectivity index (χ1v) is 5.74. The third kappa shape index (κ3) is 2.67. The molecule has 18 heavy (non-hydrogen) atoms. The maximum absolute atomic E-state index is 11.8. The molecule has 7 nitrogen and oxygen atoms in total. The minimum Gasteiger partial charge on any atom is -0.478 e. The van der Waals surface area contributed by atoms with E-state index in [-0.39, 0.29) is 17.4 Å². The van der Waals surface area contributed by atoms with E-state index in [0.29, 0.717) is 13.2 Å². The fraction of sp³-hybridized carbons (Fsp3) is 0.545. The maximum Gasteiger partial charge on any atom is 0.339 e. The van der Waals surface area contributed by atoms with Gasteiger partial charge in [-0.2, -0.15) is 5.10 Å². The van der Waals surface area contributed by atoms with Crippen molar-refractivity contribution >= 4 is 11.9 Å². The standard InChI is InChI=1S/C11H15N3O4/c1-14-6-8(11(16)17)9(13-14)10(15)12-5-7-3-2-4-18-7/h6-7H,2-5H2,1H3,(H,12,15)(H,16,17). The Morgan fingerprint density at radius 3 is 3.06 bits per heavy atom. The van der Waals surface area contributed by atoms with Crippen LogP contribution in [0.15, 0.2) is 6.20 Å². The lowest BCUT2D eigenvalue weighted by Crippen LogP contribution is -2.32. The van der Waals surface area contributed by atoms with Gasteiger partial charge in [0.2, 0.25) is 0 Å². The van der Waals surface area contributed by atoms with E-state index in [0.717, 1.165) is 12.8 Å². The molecule has 1 aliphatic heterocycles. The third-order valence-corrected chi connectivity index (χ3v) is 2.79. The van der Waals surface area contributed by atoms with Gasteiger partial charge in [0.25, 0.3) is 5.91 Å². The van der Waals surface area contributed by atoms with E-state index in [2.05, 4.69) is 10.4 Å². The van der Waals surface area contributed by atoms with Gasteiger partial charge in [-0.15, -0.1) is 0 Å². The highest BCUT2D eigenvalue weighted by molar-refractivity contribution is 6.03. The number of carbonyl (C=O) groups is 2. The average Bonchev–Trinajstić information content (AvgIpc) is 2.94. The number of aromatic carboxylic acids is 1. The third-order valence-electron chi connectivity index (χ3n) is 2.79. The van der Waals surface area contributed by atoms with Crippen molar-refractivity contribution in [2.75, 3.05) is 13.2 Å². The Hall–Kier alpha value is -1.89. The summed E-state index contributed by atoms with van der Waals surface area (Å²) in [6, 6.07) is 0.